The van der Waals surface area contributed by atoms with Gasteiger partial charge in [0.25, 0.3) is 0 Å². The SMILES string of the molecule is COCCCOc1cc(C[C@@H](C[C@H](Br)[C@H]2C[C@@H](C(C)C)C(=O)O2)C(C)C)ccc1OC. The molecule has 0 bridgehead atoms. The van der Waals surface area contributed by atoms with Crippen LogP contribution >= 0.6 is 15.9 Å². The third-order valence-electron chi connectivity index (χ3n) is 6.21. The number of ether oxygens (including phenoxy) is 4. The smallest absolute Gasteiger partial charge is 0.309 e. The molecule has 0 aliphatic carbocycles. The standard InChI is InChI=1S/C25H39BrO5/c1-16(2)19(14-21(26)23-15-20(17(3)4)25(27)31-23)12-18-8-9-22(29-6)24(13-18)30-11-7-10-28-5/h8-9,13,16-17,19-21,23H,7,10-12,14-15H2,1-6H3/t19-,20-,21-,23+/m0/s1. The van der Waals surface area contributed by atoms with Crippen molar-refractivity contribution < 1.29 is 23.7 Å². The molecule has 1 aliphatic rings. The van der Waals surface area contributed by atoms with Crippen LogP contribution in [0.1, 0.15) is 52.5 Å². The van der Waals surface area contributed by atoms with Gasteiger partial charge >= 0.3 is 5.97 Å². The van der Waals surface area contributed by atoms with Gasteiger partial charge < -0.3 is 18.9 Å². The number of esters is 1. The van der Waals surface area contributed by atoms with Crippen LogP contribution in [0.4, 0.5) is 0 Å². The predicted octanol–water partition coefficient (Wildman–Crippen LogP) is 5.67. The van der Waals surface area contributed by atoms with Crippen molar-refractivity contribution in [3.63, 3.8) is 0 Å². The van der Waals surface area contributed by atoms with E-state index in [0.29, 0.717) is 31.0 Å². The molecule has 0 spiro atoms. The van der Waals surface area contributed by atoms with Crippen molar-refractivity contribution in [2.45, 2.75) is 64.3 Å². The van der Waals surface area contributed by atoms with E-state index in [9.17, 15) is 4.79 Å². The summed E-state index contributed by atoms with van der Waals surface area (Å²) in [7, 11) is 3.36. The highest BCUT2D eigenvalue weighted by atomic mass is 79.9. The molecule has 1 aromatic rings. The van der Waals surface area contributed by atoms with Gasteiger partial charge in [-0.2, -0.15) is 0 Å². The molecule has 1 heterocycles. The number of carbonyl (C=O) groups is 1. The maximum absolute atomic E-state index is 12.2. The van der Waals surface area contributed by atoms with E-state index >= 15 is 0 Å². The molecular weight excluding hydrogens is 460 g/mol. The molecular formula is C25H39BrO5. The van der Waals surface area contributed by atoms with Crippen LogP contribution in [0.5, 0.6) is 11.5 Å². The Morgan fingerprint density at radius 2 is 1.87 bits per heavy atom. The quantitative estimate of drug-likeness (QED) is 0.199. The van der Waals surface area contributed by atoms with Crippen LogP contribution in [0.3, 0.4) is 0 Å². The fourth-order valence-corrected chi connectivity index (χ4v) is 4.88. The fourth-order valence-electron chi connectivity index (χ4n) is 4.08. The summed E-state index contributed by atoms with van der Waals surface area (Å²) in [6, 6.07) is 6.19. The van der Waals surface area contributed by atoms with E-state index in [2.05, 4.69) is 55.8 Å². The van der Waals surface area contributed by atoms with Crippen molar-refractivity contribution in [3.8, 4) is 11.5 Å². The van der Waals surface area contributed by atoms with Gasteiger partial charge in [-0.05, 0) is 54.7 Å². The first-order valence-corrected chi connectivity index (χ1v) is 12.3. The summed E-state index contributed by atoms with van der Waals surface area (Å²) in [5.74, 6) is 2.77. The molecule has 6 heteroatoms. The molecule has 0 amide bonds. The van der Waals surface area contributed by atoms with Crippen LogP contribution in [0, 0.1) is 23.7 Å². The monoisotopic (exact) mass is 498 g/mol. The topological polar surface area (TPSA) is 54.0 Å². The van der Waals surface area contributed by atoms with E-state index in [1.807, 2.05) is 6.07 Å². The first kappa shape index (κ1) is 26.0. The Morgan fingerprint density at radius 3 is 2.45 bits per heavy atom. The summed E-state index contributed by atoms with van der Waals surface area (Å²) in [6.07, 6.45) is 3.49. The Balaban J connectivity index is 2.03. The predicted molar refractivity (Wildman–Crippen MR) is 127 cm³/mol. The Kier molecular flexibility index (Phi) is 10.6. The summed E-state index contributed by atoms with van der Waals surface area (Å²) in [4.78, 5) is 12.4. The third kappa shape index (κ3) is 7.67. The van der Waals surface area contributed by atoms with Crippen LogP contribution in [-0.2, 0) is 20.7 Å². The molecule has 0 unspecified atom stereocenters. The lowest BCUT2D eigenvalue weighted by atomic mass is 9.83. The highest BCUT2D eigenvalue weighted by Gasteiger charge is 2.40. The molecule has 5 nitrogen and oxygen atoms in total. The zero-order valence-electron chi connectivity index (χ0n) is 19.9. The number of hydrogen-bond donors (Lipinski definition) is 0. The maximum atomic E-state index is 12.2. The average molecular weight is 499 g/mol. The molecule has 1 aliphatic heterocycles. The van der Waals surface area contributed by atoms with Crippen LogP contribution in [0.2, 0.25) is 0 Å². The number of halogens is 1. The number of rotatable bonds is 13. The number of alkyl halides is 1. The van der Waals surface area contributed by atoms with Crippen molar-refractivity contribution in [2.24, 2.45) is 23.7 Å². The molecule has 0 radical (unpaired) electrons. The van der Waals surface area contributed by atoms with Gasteiger partial charge in [-0.3, -0.25) is 4.79 Å². The molecule has 1 fully saturated rings. The Bertz CT molecular complexity index is 690. The number of benzene rings is 1. The van der Waals surface area contributed by atoms with E-state index < -0.39 is 0 Å². The van der Waals surface area contributed by atoms with Gasteiger partial charge in [-0.1, -0.05) is 49.7 Å². The maximum Gasteiger partial charge on any atom is 0.309 e. The first-order valence-electron chi connectivity index (χ1n) is 11.4. The van der Waals surface area contributed by atoms with Gasteiger partial charge in [-0.25, -0.2) is 0 Å². The van der Waals surface area contributed by atoms with Crippen LogP contribution in [-0.4, -0.2) is 44.3 Å². The third-order valence-corrected chi connectivity index (χ3v) is 7.18. The van der Waals surface area contributed by atoms with Crippen molar-refractivity contribution in [1.29, 1.82) is 0 Å². The first-order chi connectivity index (χ1) is 14.8. The molecule has 176 valence electrons. The van der Waals surface area contributed by atoms with Crippen LogP contribution in [0.15, 0.2) is 18.2 Å². The minimum Gasteiger partial charge on any atom is -0.493 e. The van der Waals surface area contributed by atoms with E-state index in [1.165, 1.54) is 5.56 Å². The van der Waals surface area contributed by atoms with Gasteiger partial charge in [0.2, 0.25) is 0 Å². The molecule has 31 heavy (non-hydrogen) atoms. The van der Waals surface area contributed by atoms with Crippen molar-refractivity contribution in [1.82, 2.24) is 0 Å². The minimum atomic E-state index is -0.0454. The fraction of sp³-hybridized carbons (Fsp3) is 0.720. The second kappa shape index (κ2) is 12.7. The second-order valence-corrected chi connectivity index (χ2v) is 10.4. The Hall–Kier alpha value is -1.27. The molecule has 0 N–H and O–H groups in total. The summed E-state index contributed by atoms with van der Waals surface area (Å²) in [6.45, 7) is 9.96. The summed E-state index contributed by atoms with van der Waals surface area (Å²) < 4.78 is 22.2. The number of carbonyl (C=O) groups excluding carboxylic acids is 1. The number of cyclic esters (lactones) is 1. The largest absolute Gasteiger partial charge is 0.493 e. The molecule has 2 rings (SSSR count). The number of hydrogen-bond acceptors (Lipinski definition) is 5. The van der Waals surface area contributed by atoms with Gasteiger partial charge in [0.05, 0.1) is 24.5 Å². The Labute approximate surface area is 196 Å². The molecule has 1 saturated heterocycles. The minimum absolute atomic E-state index is 0.0157. The van der Waals surface area contributed by atoms with Gasteiger partial charge in [0.15, 0.2) is 11.5 Å². The van der Waals surface area contributed by atoms with Crippen LogP contribution < -0.4 is 9.47 Å². The average Bonchev–Trinajstić information content (AvgIpc) is 3.13. The van der Waals surface area contributed by atoms with E-state index in [1.54, 1.807) is 14.2 Å². The van der Waals surface area contributed by atoms with Gasteiger partial charge in [-0.15, -0.1) is 0 Å². The van der Waals surface area contributed by atoms with E-state index in [4.69, 9.17) is 18.9 Å². The summed E-state index contributed by atoms with van der Waals surface area (Å²) in [5, 5.41) is 0. The number of methoxy groups -OCH3 is 2. The highest BCUT2D eigenvalue weighted by Crippen LogP contribution is 2.36. The Morgan fingerprint density at radius 1 is 1.13 bits per heavy atom. The van der Waals surface area contributed by atoms with Crippen molar-refractivity contribution in [3.05, 3.63) is 23.8 Å². The second-order valence-electron chi connectivity index (χ2n) is 9.20. The van der Waals surface area contributed by atoms with E-state index in [0.717, 1.165) is 37.2 Å². The molecule has 4 atom stereocenters. The molecule has 1 aromatic carbocycles. The van der Waals surface area contributed by atoms with Crippen molar-refractivity contribution >= 4 is 21.9 Å². The zero-order chi connectivity index (χ0) is 23.0. The summed E-state index contributed by atoms with van der Waals surface area (Å²) >= 11 is 3.84. The van der Waals surface area contributed by atoms with Crippen molar-refractivity contribution in [2.75, 3.05) is 27.4 Å². The van der Waals surface area contributed by atoms with Gasteiger partial charge in [0, 0.05) is 20.1 Å². The van der Waals surface area contributed by atoms with E-state index in [-0.39, 0.29) is 22.8 Å². The molecule has 0 aromatic heterocycles. The normalized spacial score (nSPS) is 20.7. The lowest BCUT2D eigenvalue weighted by Gasteiger charge is -2.26. The lowest BCUT2D eigenvalue weighted by Crippen LogP contribution is -2.26. The van der Waals surface area contributed by atoms with Crippen LogP contribution in [0.25, 0.3) is 0 Å². The van der Waals surface area contributed by atoms with Gasteiger partial charge in [0.1, 0.15) is 6.10 Å². The highest BCUT2D eigenvalue weighted by molar-refractivity contribution is 9.09. The zero-order valence-corrected chi connectivity index (χ0v) is 21.4. The summed E-state index contributed by atoms with van der Waals surface area (Å²) in [5.41, 5.74) is 1.23. The molecule has 0 saturated carbocycles. The lowest BCUT2D eigenvalue weighted by molar-refractivity contribution is -0.145.